The summed E-state index contributed by atoms with van der Waals surface area (Å²) >= 11 is 0. The lowest BCUT2D eigenvalue weighted by Crippen LogP contribution is -2.35. The maximum Gasteiger partial charge on any atom is 0.254 e. The smallest absolute Gasteiger partial charge is 0.254 e. The highest BCUT2D eigenvalue weighted by Gasteiger charge is 2.17. The zero-order chi connectivity index (χ0) is 19.3. The molecule has 1 N–H and O–H groups in total. The third-order valence-corrected chi connectivity index (χ3v) is 5.02. The maximum absolute atomic E-state index is 12.5. The predicted octanol–water partition coefficient (Wildman–Crippen LogP) is 2.36. The normalized spacial score (nSPS) is 11.0. The number of hydrogen-bond acceptors (Lipinski definition) is 4. The summed E-state index contributed by atoms with van der Waals surface area (Å²) in [5, 5.41) is 2.81. The monoisotopic (exact) mass is 374 g/mol. The Labute approximate surface area is 153 Å². The molecule has 2 aromatic rings. The van der Waals surface area contributed by atoms with Crippen LogP contribution in [0.4, 0.5) is 5.69 Å². The van der Waals surface area contributed by atoms with Crippen molar-refractivity contribution in [1.82, 2.24) is 4.90 Å². The van der Waals surface area contributed by atoms with Gasteiger partial charge in [0, 0.05) is 24.6 Å². The average molecular weight is 374 g/mol. The summed E-state index contributed by atoms with van der Waals surface area (Å²) in [5.74, 6) is -0.740. The van der Waals surface area contributed by atoms with Gasteiger partial charge in [0.05, 0.1) is 11.4 Å². The van der Waals surface area contributed by atoms with Gasteiger partial charge in [0.1, 0.15) is 0 Å². The molecule has 2 amide bonds. The van der Waals surface area contributed by atoms with Crippen LogP contribution < -0.4 is 5.32 Å². The Balaban J connectivity index is 2.08. The standard InChI is InChI=1S/C19H22N2O4S/c1-4-14-8-5-6-11-17(14)20-18(22)13-21(2)19(23)15-9-7-10-16(12-15)26(3,24)25/h5-12H,4,13H2,1-3H3,(H,20,22). The fraction of sp³-hybridized carbons (Fsp3) is 0.263. The van der Waals surface area contributed by atoms with Crippen LogP contribution in [0, 0.1) is 0 Å². The first-order valence-electron chi connectivity index (χ1n) is 8.15. The number of nitrogens with one attached hydrogen (secondary N) is 1. The molecule has 0 spiro atoms. The largest absolute Gasteiger partial charge is 0.332 e. The van der Waals surface area contributed by atoms with Crippen molar-refractivity contribution in [3.05, 3.63) is 59.7 Å². The summed E-state index contributed by atoms with van der Waals surface area (Å²) in [6.45, 7) is 1.86. The fourth-order valence-electron chi connectivity index (χ4n) is 2.51. The molecule has 0 bridgehead atoms. The lowest BCUT2D eigenvalue weighted by Gasteiger charge is -2.18. The molecule has 0 aliphatic rings. The van der Waals surface area contributed by atoms with Gasteiger partial charge in [0.2, 0.25) is 5.91 Å². The van der Waals surface area contributed by atoms with Gasteiger partial charge < -0.3 is 10.2 Å². The van der Waals surface area contributed by atoms with Gasteiger partial charge in [-0.15, -0.1) is 0 Å². The molecule has 0 radical (unpaired) electrons. The molecule has 0 aromatic heterocycles. The molecule has 0 aliphatic heterocycles. The first kappa shape index (κ1) is 19.7. The zero-order valence-corrected chi connectivity index (χ0v) is 15.8. The Bertz CT molecular complexity index is 923. The van der Waals surface area contributed by atoms with Gasteiger partial charge in [-0.25, -0.2) is 8.42 Å². The maximum atomic E-state index is 12.5. The van der Waals surface area contributed by atoms with Gasteiger partial charge in [-0.05, 0) is 36.2 Å². The van der Waals surface area contributed by atoms with Crippen LogP contribution in [-0.4, -0.2) is 45.0 Å². The molecule has 0 aliphatic carbocycles. The molecule has 0 unspecified atom stereocenters. The minimum Gasteiger partial charge on any atom is -0.332 e. The van der Waals surface area contributed by atoms with Crippen LogP contribution >= 0.6 is 0 Å². The van der Waals surface area contributed by atoms with E-state index in [0.717, 1.165) is 23.9 Å². The third-order valence-electron chi connectivity index (χ3n) is 3.91. The summed E-state index contributed by atoms with van der Waals surface area (Å²) in [5.41, 5.74) is 1.95. The Hall–Kier alpha value is -2.67. The van der Waals surface area contributed by atoms with E-state index in [1.54, 1.807) is 0 Å². The van der Waals surface area contributed by atoms with Crippen LogP contribution in [0.3, 0.4) is 0 Å². The van der Waals surface area contributed by atoms with Gasteiger partial charge in [-0.2, -0.15) is 0 Å². The van der Waals surface area contributed by atoms with Crippen molar-refractivity contribution in [2.24, 2.45) is 0 Å². The predicted molar refractivity (Wildman–Crippen MR) is 101 cm³/mol. The number of carbonyl (C=O) groups is 2. The number of hydrogen-bond donors (Lipinski definition) is 1. The first-order chi connectivity index (χ1) is 12.2. The van der Waals surface area contributed by atoms with Gasteiger partial charge in [0.15, 0.2) is 9.84 Å². The molecule has 7 heteroatoms. The Morgan fingerprint density at radius 3 is 2.42 bits per heavy atom. The number of sulfone groups is 1. The number of rotatable bonds is 6. The molecule has 2 aromatic carbocycles. The van der Waals surface area contributed by atoms with E-state index in [1.165, 1.54) is 36.2 Å². The van der Waals surface area contributed by atoms with Crippen LogP contribution in [0.5, 0.6) is 0 Å². The Morgan fingerprint density at radius 2 is 1.77 bits per heavy atom. The molecular formula is C19H22N2O4S. The molecule has 138 valence electrons. The molecule has 0 saturated heterocycles. The topological polar surface area (TPSA) is 83.6 Å². The fourth-order valence-corrected chi connectivity index (χ4v) is 3.17. The van der Waals surface area contributed by atoms with Crippen LogP contribution in [0.15, 0.2) is 53.4 Å². The van der Waals surface area contributed by atoms with E-state index < -0.39 is 15.7 Å². The molecule has 26 heavy (non-hydrogen) atoms. The SMILES string of the molecule is CCc1ccccc1NC(=O)CN(C)C(=O)c1cccc(S(C)(=O)=O)c1. The van der Waals surface area contributed by atoms with Crippen molar-refractivity contribution < 1.29 is 18.0 Å². The number of anilines is 1. The zero-order valence-electron chi connectivity index (χ0n) is 15.0. The van der Waals surface area contributed by atoms with E-state index in [4.69, 9.17) is 0 Å². The first-order valence-corrected chi connectivity index (χ1v) is 10.0. The van der Waals surface area contributed by atoms with Crippen molar-refractivity contribution in [3.63, 3.8) is 0 Å². The van der Waals surface area contributed by atoms with Crippen LogP contribution in [0.2, 0.25) is 0 Å². The number of carbonyl (C=O) groups excluding carboxylic acids is 2. The molecule has 0 saturated carbocycles. The second-order valence-electron chi connectivity index (χ2n) is 6.02. The van der Waals surface area contributed by atoms with Gasteiger partial charge >= 0.3 is 0 Å². The number of nitrogens with zero attached hydrogens (tertiary/aromatic N) is 1. The molecule has 0 fully saturated rings. The van der Waals surface area contributed by atoms with Crippen LogP contribution in [0.25, 0.3) is 0 Å². The Kier molecular flexibility index (Phi) is 6.15. The average Bonchev–Trinajstić information content (AvgIpc) is 2.60. The second kappa shape index (κ2) is 8.14. The molecular weight excluding hydrogens is 352 g/mol. The minimum atomic E-state index is -3.41. The summed E-state index contributed by atoms with van der Waals surface area (Å²) in [6, 6.07) is 13.3. The molecule has 0 atom stereocenters. The van der Waals surface area contributed by atoms with E-state index in [2.05, 4.69) is 5.32 Å². The van der Waals surface area contributed by atoms with Gasteiger partial charge in [-0.3, -0.25) is 9.59 Å². The van der Waals surface area contributed by atoms with Crippen molar-refractivity contribution in [2.75, 3.05) is 25.2 Å². The van der Waals surface area contributed by atoms with E-state index in [-0.39, 0.29) is 22.9 Å². The number of aryl methyl sites for hydroxylation is 1. The highest BCUT2D eigenvalue weighted by atomic mass is 32.2. The molecule has 6 nitrogen and oxygen atoms in total. The van der Waals surface area contributed by atoms with Crippen molar-refractivity contribution in [2.45, 2.75) is 18.2 Å². The van der Waals surface area contributed by atoms with E-state index in [1.807, 2.05) is 31.2 Å². The minimum absolute atomic E-state index is 0.0677. The van der Waals surface area contributed by atoms with E-state index in [0.29, 0.717) is 0 Å². The van der Waals surface area contributed by atoms with E-state index in [9.17, 15) is 18.0 Å². The lowest BCUT2D eigenvalue weighted by atomic mass is 10.1. The number of benzene rings is 2. The Morgan fingerprint density at radius 1 is 1.08 bits per heavy atom. The highest BCUT2D eigenvalue weighted by Crippen LogP contribution is 2.16. The molecule has 2 rings (SSSR count). The van der Waals surface area contributed by atoms with Crippen molar-refractivity contribution >= 4 is 27.3 Å². The summed E-state index contributed by atoms with van der Waals surface area (Å²) < 4.78 is 23.3. The van der Waals surface area contributed by atoms with Crippen LogP contribution in [-0.2, 0) is 21.1 Å². The summed E-state index contributed by atoms with van der Waals surface area (Å²) in [6.07, 6.45) is 1.86. The number of para-hydroxylation sites is 1. The number of likely N-dealkylation sites (N-methyl/N-ethyl adjacent to an activating group) is 1. The summed E-state index contributed by atoms with van der Waals surface area (Å²) in [7, 11) is -1.91. The quantitative estimate of drug-likeness (QED) is 0.841. The van der Waals surface area contributed by atoms with Crippen molar-refractivity contribution in [3.8, 4) is 0 Å². The van der Waals surface area contributed by atoms with E-state index >= 15 is 0 Å². The van der Waals surface area contributed by atoms with Gasteiger partial charge in [-0.1, -0.05) is 31.2 Å². The third kappa shape index (κ3) is 4.92. The lowest BCUT2D eigenvalue weighted by molar-refractivity contribution is -0.116. The highest BCUT2D eigenvalue weighted by molar-refractivity contribution is 7.90. The second-order valence-corrected chi connectivity index (χ2v) is 8.04. The van der Waals surface area contributed by atoms with Gasteiger partial charge in [0.25, 0.3) is 5.91 Å². The summed E-state index contributed by atoms with van der Waals surface area (Å²) in [4.78, 5) is 26.1. The number of amides is 2. The molecule has 0 heterocycles. The van der Waals surface area contributed by atoms with Crippen molar-refractivity contribution in [1.29, 1.82) is 0 Å². The van der Waals surface area contributed by atoms with Crippen LogP contribution in [0.1, 0.15) is 22.8 Å².